The molecule has 0 aliphatic carbocycles. The van der Waals surface area contributed by atoms with Crippen molar-refractivity contribution >= 4 is 11.9 Å². The van der Waals surface area contributed by atoms with Gasteiger partial charge in [0.25, 0.3) is 0 Å². The summed E-state index contributed by atoms with van der Waals surface area (Å²) >= 11 is 0. The number of pyridine rings is 1. The Hall–Kier alpha value is -2.73. The summed E-state index contributed by atoms with van der Waals surface area (Å²) in [4.78, 5) is 26.6. The van der Waals surface area contributed by atoms with E-state index < -0.39 is 11.9 Å². The van der Waals surface area contributed by atoms with Crippen LogP contribution in [-0.2, 0) is 17.9 Å². The van der Waals surface area contributed by atoms with Crippen LogP contribution in [0, 0.1) is 0 Å². The zero-order valence-corrected chi connectivity index (χ0v) is 11.2. The Morgan fingerprint density at radius 1 is 1.19 bits per heavy atom. The Kier molecular flexibility index (Phi) is 4.63. The van der Waals surface area contributed by atoms with Gasteiger partial charge in [0.2, 0.25) is 0 Å². The molecule has 0 aliphatic rings. The van der Waals surface area contributed by atoms with Crippen LogP contribution in [0.25, 0.3) is 0 Å². The van der Waals surface area contributed by atoms with Gasteiger partial charge in [-0.1, -0.05) is 18.2 Å². The topological polar surface area (TPSA) is 103 Å². The Balaban J connectivity index is 2.02. The number of aromatic carboxylic acids is 1. The average molecular weight is 286 g/mol. The highest BCUT2D eigenvalue weighted by molar-refractivity contribution is 5.89. The van der Waals surface area contributed by atoms with E-state index in [-0.39, 0.29) is 24.4 Å². The fourth-order valence-electron chi connectivity index (χ4n) is 1.75. The molecule has 1 heterocycles. The van der Waals surface area contributed by atoms with Crippen LogP contribution in [0.3, 0.4) is 0 Å². The zero-order chi connectivity index (χ0) is 15.2. The van der Waals surface area contributed by atoms with Gasteiger partial charge < -0.3 is 15.6 Å². The lowest BCUT2D eigenvalue weighted by molar-refractivity contribution is 0.0463. The first-order valence-corrected chi connectivity index (χ1v) is 6.25. The van der Waals surface area contributed by atoms with Gasteiger partial charge in [0.05, 0.1) is 5.56 Å². The Morgan fingerprint density at radius 2 is 1.90 bits per heavy atom. The predicted octanol–water partition coefficient (Wildman–Crippen LogP) is 1.60. The first kappa shape index (κ1) is 14.7. The highest BCUT2D eigenvalue weighted by Gasteiger charge is 2.13. The Bertz CT molecular complexity index is 653. The lowest BCUT2D eigenvalue weighted by atomic mass is 10.1. The third kappa shape index (κ3) is 3.64. The number of hydrogen-bond donors (Lipinski definition) is 2. The molecule has 0 saturated carbocycles. The molecule has 0 atom stereocenters. The SMILES string of the molecule is NCc1cccnc1C(=O)OCc1ccc(C(=O)O)cc1. The van der Waals surface area contributed by atoms with Gasteiger partial charge in [-0.05, 0) is 29.3 Å². The van der Waals surface area contributed by atoms with Crippen LogP contribution in [0.15, 0.2) is 42.6 Å². The summed E-state index contributed by atoms with van der Waals surface area (Å²) in [6, 6.07) is 9.52. The fraction of sp³-hybridized carbons (Fsp3) is 0.133. The van der Waals surface area contributed by atoms with Crippen LogP contribution in [0.1, 0.15) is 32.0 Å². The number of carboxylic acids is 1. The Labute approximate surface area is 121 Å². The second-order valence-corrected chi connectivity index (χ2v) is 4.29. The quantitative estimate of drug-likeness (QED) is 0.809. The molecular weight excluding hydrogens is 272 g/mol. The number of carbonyl (C=O) groups excluding carboxylic acids is 1. The van der Waals surface area contributed by atoms with Crippen LogP contribution >= 0.6 is 0 Å². The van der Waals surface area contributed by atoms with Gasteiger partial charge in [0.15, 0.2) is 5.69 Å². The molecule has 1 aromatic heterocycles. The normalized spacial score (nSPS) is 10.1. The zero-order valence-electron chi connectivity index (χ0n) is 11.2. The number of esters is 1. The molecule has 2 aromatic rings. The summed E-state index contributed by atoms with van der Waals surface area (Å²) in [5.74, 6) is -1.56. The predicted molar refractivity (Wildman–Crippen MR) is 74.6 cm³/mol. The lowest BCUT2D eigenvalue weighted by Gasteiger charge is -2.07. The highest BCUT2D eigenvalue weighted by Crippen LogP contribution is 2.10. The summed E-state index contributed by atoms with van der Waals surface area (Å²) in [5, 5.41) is 8.79. The summed E-state index contributed by atoms with van der Waals surface area (Å²) < 4.78 is 5.15. The number of nitrogens with two attached hydrogens (primary N) is 1. The van der Waals surface area contributed by atoms with Gasteiger partial charge in [-0.3, -0.25) is 0 Å². The monoisotopic (exact) mass is 286 g/mol. The van der Waals surface area contributed by atoms with Crippen molar-refractivity contribution in [1.82, 2.24) is 4.98 Å². The number of rotatable bonds is 5. The van der Waals surface area contributed by atoms with Crippen molar-refractivity contribution in [1.29, 1.82) is 0 Å². The van der Waals surface area contributed by atoms with Gasteiger partial charge in [0, 0.05) is 12.7 Å². The molecule has 1 aromatic carbocycles. The Morgan fingerprint density at radius 3 is 2.52 bits per heavy atom. The van der Waals surface area contributed by atoms with E-state index in [4.69, 9.17) is 15.6 Å². The summed E-state index contributed by atoms with van der Waals surface area (Å²) in [6.07, 6.45) is 1.50. The molecule has 0 spiro atoms. The van der Waals surface area contributed by atoms with Gasteiger partial charge in [0.1, 0.15) is 6.61 Å². The van der Waals surface area contributed by atoms with E-state index in [0.29, 0.717) is 11.1 Å². The largest absolute Gasteiger partial charge is 0.478 e. The third-order valence-electron chi connectivity index (χ3n) is 2.88. The van der Waals surface area contributed by atoms with Crippen molar-refractivity contribution in [3.63, 3.8) is 0 Å². The maximum Gasteiger partial charge on any atom is 0.357 e. The van der Waals surface area contributed by atoms with Crippen LogP contribution in [-0.4, -0.2) is 22.0 Å². The minimum absolute atomic E-state index is 0.0410. The minimum atomic E-state index is -1.00. The molecule has 0 amide bonds. The second kappa shape index (κ2) is 6.62. The first-order chi connectivity index (χ1) is 10.1. The molecule has 0 radical (unpaired) electrons. The van der Waals surface area contributed by atoms with Crippen LogP contribution in [0.5, 0.6) is 0 Å². The molecular formula is C15H14N2O4. The van der Waals surface area contributed by atoms with Gasteiger partial charge >= 0.3 is 11.9 Å². The van der Waals surface area contributed by atoms with E-state index in [2.05, 4.69) is 4.98 Å². The van der Waals surface area contributed by atoms with E-state index in [0.717, 1.165) is 0 Å². The van der Waals surface area contributed by atoms with Gasteiger partial charge in [-0.15, -0.1) is 0 Å². The number of benzene rings is 1. The van der Waals surface area contributed by atoms with E-state index in [9.17, 15) is 9.59 Å². The molecule has 21 heavy (non-hydrogen) atoms. The molecule has 0 aliphatic heterocycles. The van der Waals surface area contributed by atoms with E-state index in [1.165, 1.54) is 18.3 Å². The maximum atomic E-state index is 11.9. The van der Waals surface area contributed by atoms with Crippen molar-refractivity contribution < 1.29 is 19.4 Å². The molecule has 3 N–H and O–H groups in total. The van der Waals surface area contributed by atoms with Gasteiger partial charge in [-0.25, -0.2) is 14.6 Å². The number of carbonyl (C=O) groups is 2. The van der Waals surface area contributed by atoms with Crippen LogP contribution < -0.4 is 5.73 Å². The average Bonchev–Trinajstić information content (AvgIpc) is 2.52. The molecule has 6 nitrogen and oxygen atoms in total. The smallest absolute Gasteiger partial charge is 0.357 e. The third-order valence-corrected chi connectivity index (χ3v) is 2.88. The molecule has 2 rings (SSSR count). The molecule has 0 bridgehead atoms. The second-order valence-electron chi connectivity index (χ2n) is 4.29. The number of ether oxygens (including phenoxy) is 1. The lowest BCUT2D eigenvalue weighted by Crippen LogP contribution is -2.12. The highest BCUT2D eigenvalue weighted by atomic mass is 16.5. The first-order valence-electron chi connectivity index (χ1n) is 6.25. The van der Waals surface area contributed by atoms with Crippen molar-refractivity contribution in [2.75, 3.05) is 0 Å². The fourth-order valence-corrected chi connectivity index (χ4v) is 1.75. The van der Waals surface area contributed by atoms with Crippen LogP contribution in [0.2, 0.25) is 0 Å². The number of aromatic nitrogens is 1. The van der Waals surface area contributed by atoms with Crippen molar-refractivity contribution in [3.8, 4) is 0 Å². The summed E-state index contributed by atoms with van der Waals surface area (Å²) in [5.41, 5.74) is 7.22. The standard InChI is InChI=1S/C15H14N2O4/c16-8-12-2-1-7-17-13(12)15(20)21-9-10-3-5-11(6-4-10)14(18)19/h1-7H,8-9,16H2,(H,18,19). The van der Waals surface area contributed by atoms with Crippen molar-refractivity contribution in [3.05, 3.63) is 65.0 Å². The van der Waals surface area contributed by atoms with E-state index in [1.54, 1.807) is 24.3 Å². The minimum Gasteiger partial charge on any atom is -0.478 e. The van der Waals surface area contributed by atoms with Gasteiger partial charge in [-0.2, -0.15) is 0 Å². The molecule has 0 saturated heterocycles. The van der Waals surface area contributed by atoms with E-state index >= 15 is 0 Å². The summed E-state index contributed by atoms with van der Waals surface area (Å²) in [7, 11) is 0. The van der Waals surface area contributed by atoms with Crippen LogP contribution in [0.4, 0.5) is 0 Å². The molecule has 108 valence electrons. The molecule has 0 unspecified atom stereocenters. The number of hydrogen-bond acceptors (Lipinski definition) is 5. The van der Waals surface area contributed by atoms with E-state index in [1.807, 2.05) is 0 Å². The summed E-state index contributed by atoms with van der Waals surface area (Å²) in [6.45, 7) is 0.241. The molecule has 0 fully saturated rings. The maximum absolute atomic E-state index is 11.9. The van der Waals surface area contributed by atoms with Crippen molar-refractivity contribution in [2.24, 2.45) is 5.73 Å². The van der Waals surface area contributed by atoms with Crippen molar-refractivity contribution in [2.45, 2.75) is 13.2 Å². The number of carboxylic acid groups (broad SMARTS) is 1. The number of nitrogens with zero attached hydrogens (tertiary/aromatic N) is 1. The molecule has 6 heteroatoms.